The zero-order chi connectivity index (χ0) is 14.7. The number of rotatable bonds is 5. The Bertz CT molecular complexity index is 754. The van der Waals surface area contributed by atoms with Crippen LogP contribution in [-0.2, 0) is 0 Å². The van der Waals surface area contributed by atoms with Crippen LogP contribution in [0.2, 0.25) is 0 Å². The fraction of sp³-hybridized carbons (Fsp3) is 0.154. The van der Waals surface area contributed by atoms with E-state index in [1.807, 2.05) is 17.5 Å². The topological polar surface area (TPSA) is 100 Å². The first-order valence-corrected chi connectivity index (χ1v) is 7.12. The first-order chi connectivity index (χ1) is 10.2. The summed E-state index contributed by atoms with van der Waals surface area (Å²) in [5, 5.41) is 15.7. The minimum atomic E-state index is -1.05. The third-order valence-corrected chi connectivity index (χ3v) is 3.65. The highest BCUT2D eigenvalue weighted by Gasteiger charge is 2.12. The van der Waals surface area contributed by atoms with E-state index >= 15 is 0 Å². The van der Waals surface area contributed by atoms with Gasteiger partial charge in [-0.25, -0.2) is 14.8 Å². The maximum Gasteiger partial charge on any atom is 0.404 e. The van der Waals surface area contributed by atoms with Gasteiger partial charge in [-0.3, -0.25) is 0 Å². The number of amides is 1. The number of nitrogens with one attached hydrogen (secondary N) is 2. The van der Waals surface area contributed by atoms with Gasteiger partial charge in [-0.15, -0.1) is 11.3 Å². The highest BCUT2D eigenvalue weighted by molar-refractivity contribution is 7.17. The van der Waals surface area contributed by atoms with Crippen LogP contribution < -0.4 is 10.6 Å². The molecule has 108 valence electrons. The molecule has 1 amide bonds. The summed E-state index contributed by atoms with van der Waals surface area (Å²) >= 11 is 1.55. The molecule has 0 bridgehead atoms. The van der Waals surface area contributed by atoms with Crippen LogP contribution in [0.25, 0.3) is 21.7 Å². The first kappa shape index (κ1) is 13.4. The van der Waals surface area contributed by atoms with Crippen LogP contribution in [0.1, 0.15) is 0 Å². The fourth-order valence-electron chi connectivity index (χ4n) is 1.87. The molecule has 3 aromatic rings. The molecular formula is C13H12N4O3S. The van der Waals surface area contributed by atoms with Gasteiger partial charge in [0.25, 0.3) is 0 Å². The number of hydrogen-bond donors (Lipinski definition) is 3. The molecule has 0 aliphatic rings. The standard InChI is InChI=1S/C13H12N4O3S/c18-13(19)15-5-4-14-12-16-8-3-7-21-11(8)10(17-12)9-2-1-6-20-9/h1-3,6-7,15H,4-5H2,(H,18,19)(H,14,16,17). The summed E-state index contributed by atoms with van der Waals surface area (Å²) < 4.78 is 6.37. The van der Waals surface area contributed by atoms with Crippen LogP contribution in [0, 0.1) is 0 Å². The molecule has 0 radical (unpaired) electrons. The van der Waals surface area contributed by atoms with Crippen LogP contribution >= 0.6 is 11.3 Å². The summed E-state index contributed by atoms with van der Waals surface area (Å²) in [6.07, 6.45) is 0.545. The van der Waals surface area contributed by atoms with Gasteiger partial charge >= 0.3 is 6.09 Å². The minimum absolute atomic E-state index is 0.274. The quantitative estimate of drug-likeness (QED) is 0.626. The summed E-state index contributed by atoms with van der Waals surface area (Å²) in [6.45, 7) is 0.677. The summed E-state index contributed by atoms with van der Waals surface area (Å²) in [6, 6.07) is 5.56. The number of nitrogens with zero attached hydrogens (tertiary/aromatic N) is 2. The largest absolute Gasteiger partial charge is 0.465 e. The molecular weight excluding hydrogens is 292 g/mol. The molecule has 3 aromatic heterocycles. The Balaban J connectivity index is 1.85. The van der Waals surface area contributed by atoms with Crippen molar-refractivity contribution in [3.05, 3.63) is 29.8 Å². The Morgan fingerprint density at radius 2 is 2.24 bits per heavy atom. The second-order valence-electron chi connectivity index (χ2n) is 4.17. The first-order valence-electron chi connectivity index (χ1n) is 6.24. The molecule has 21 heavy (non-hydrogen) atoms. The number of hydrogen-bond acceptors (Lipinski definition) is 6. The molecule has 8 heteroatoms. The molecule has 0 saturated heterocycles. The van der Waals surface area contributed by atoms with Crippen molar-refractivity contribution in [2.45, 2.75) is 0 Å². The van der Waals surface area contributed by atoms with E-state index in [-0.39, 0.29) is 6.54 Å². The van der Waals surface area contributed by atoms with E-state index in [9.17, 15) is 4.79 Å². The van der Waals surface area contributed by atoms with Crippen molar-refractivity contribution < 1.29 is 14.3 Å². The van der Waals surface area contributed by atoms with Crippen molar-refractivity contribution in [3.8, 4) is 11.5 Å². The van der Waals surface area contributed by atoms with E-state index in [0.29, 0.717) is 18.3 Å². The van der Waals surface area contributed by atoms with E-state index in [1.54, 1.807) is 23.7 Å². The normalized spacial score (nSPS) is 10.7. The SMILES string of the molecule is O=C(O)NCCNc1nc(-c2ccco2)c2sccc2n1. The molecule has 0 spiro atoms. The number of carboxylic acid groups (broad SMARTS) is 1. The molecule has 0 aliphatic heterocycles. The maximum atomic E-state index is 10.4. The van der Waals surface area contributed by atoms with Gasteiger partial charge < -0.3 is 20.2 Å². The second kappa shape index (κ2) is 5.80. The molecule has 0 fully saturated rings. The number of fused-ring (bicyclic) bond motifs is 1. The smallest absolute Gasteiger partial charge is 0.404 e. The summed E-state index contributed by atoms with van der Waals surface area (Å²) in [7, 11) is 0. The summed E-state index contributed by atoms with van der Waals surface area (Å²) in [5.74, 6) is 1.12. The lowest BCUT2D eigenvalue weighted by molar-refractivity contribution is 0.195. The third kappa shape index (κ3) is 2.95. The summed E-state index contributed by atoms with van der Waals surface area (Å²) in [5.41, 5.74) is 1.56. The van der Waals surface area contributed by atoms with Gasteiger partial charge in [0.05, 0.1) is 16.5 Å². The molecule has 0 atom stereocenters. The van der Waals surface area contributed by atoms with Crippen LogP contribution in [-0.4, -0.2) is 34.3 Å². The molecule has 0 aliphatic carbocycles. The molecule has 0 saturated carbocycles. The number of carbonyl (C=O) groups is 1. The van der Waals surface area contributed by atoms with Crippen molar-refractivity contribution >= 4 is 33.6 Å². The Hall–Kier alpha value is -2.61. The lowest BCUT2D eigenvalue weighted by Crippen LogP contribution is -2.27. The average molecular weight is 304 g/mol. The second-order valence-corrected chi connectivity index (χ2v) is 5.08. The Labute approximate surface area is 123 Å². The predicted octanol–water partition coefficient (Wildman–Crippen LogP) is 2.63. The molecule has 0 aromatic carbocycles. The van der Waals surface area contributed by atoms with Gasteiger partial charge in [-0.1, -0.05) is 0 Å². The van der Waals surface area contributed by atoms with Gasteiger partial charge in [0.1, 0.15) is 5.69 Å². The molecule has 3 heterocycles. The van der Waals surface area contributed by atoms with Crippen molar-refractivity contribution in [1.29, 1.82) is 0 Å². The Kier molecular flexibility index (Phi) is 3.69. The van der Waals surface area contributed by atoms with Crippen LogP contribution in [0.5, 0.6) is 0 Å². The van der Waals surface area contributed by atoms with Crippen molar-refractivity contribution in [2.24, 2.45) is 0 Å². The zero-order valence-electron chi connectivity index (χ0n) is 10.9. The van der Waals surface area contributed by atoms with E-state index in [2.05, 4.69) is 20.6 Å². The molecule has 3 N–H and O–H groups in total. The van der Waals surface area contributed by atoms with Gasteiger partial charge in [0, 0.05) is 13.1 Å². The van der Waals surface area contributed by atoms with E-state index in [0.717, 1.165) is 15.9 Å². The van der Waals surface area contributed by atoms with Gasteiger partial charge in [-0.2, -0.15) is 0 Å². The van der Waals surface area contributed by atoms with Gasteiger partial charge in [0.2, 0.25) is 5.95 Å². The average Bonchev–Trinajstić information content (AvgIpc) is 3.13. The number of anilines is 1. The van der Waals surface area contributed by atoms with Crippen molar-refractivity contribution in [1.82, 2.24) is 15.3 Å². The fourth-order valence-corrected chi connectivity index (χ4v) is 2.69. The number of furan rings is 1. The van der Waals surface area contributed by atoms with E-state index in [4.69, 9.17) is 9.52 Å². The zero-order valence-corrected chi connectivity index (χ0v) is 11.7. The van der Waals surface area contributed by atoms with E-state index in [1.165, 1.54) is 0 Å². The predicted molar refractivity (Wildman–Crippen MR) is 79.6 cm³/mol. The van der Waals surface area contributed by atoms with Crippen molar-refractivity contribution in [3.63, 3.8) is 0 Å². The van der Waals surface area contributed by atoms with Gasteiger partial charge in [-0.05, 0) is 23.6 Å². The Morgan fingerprint density at radius 1 is 1.33 bits per heavy atom. The lowest BCUT2D eigenvalue weighted by Gasteiger charge is -2.07. The third-order valence-electron chi connectivity index (χ3n) is 2.74. The summed E-state index contributed by atoms with van der Waals surface area (Å²) in [4.78, 5) is 19.2. The molecule has 7 nitrogen and oxygen atoms in total. The Morgan fingerprint density at radius 3 is 3.00 bits per heavy atom. The van der Waals surface area contributed by atoms with Crippen LogP contribution in [0.3, 0.4) is 0 Å². The van der Waals surface area contributed by atoms with Crippen LogP contribution in [0.15, 0.2) is 34.3 Å². The molecule has 0 unspecified atom stereocenters. The lowest BCUT2D eigenvalue weighted by atomic mass is 10.3. The number of thiophene rings is 1. The number of aromatic nitrogens is 2. The maximum absolute atomic E-state index is 10.4. The highest BCUT2D eigenvalue weighted by atomic mass is 32.1. The van der Waals surface area contributed by atoms with Crippen LogP contribution in [0.4, 0.5) is 10.7 Å². The monoisotopic (exact) mass is 304 g/mol. The van der Waals surface area contributed by atoms with E-state index < -0.39 is 6.09 Å². The van der Waals surface area contributed by atoms with Gasteiger partial charge in [0.15, 0.2) is 5.76 Å². The highest BCUT2D eigenvalue weighted by Crippen LogP contribution is 2.31. The minimum Gasteiger partial charge on any atom is -0.465 e. The molecule has 3 rings (SSSR count). The van der Waals surface area contributed by atoms with Crippen molar-refractivity contribution in [2.75, 3.05) is 18.4 Å².